The van der Waals surface area contributed by atoms with Gasteiger partial charge in [-0.15, -0.1) is 0 Å². The van der Waals surface area contributed by atoms with Gasteiger partial charge in [0.1, 0.15) is 11.4 Å². The van der Waals surface area contributed by atoms with Crippen LogP contribution in [0.3, 0.4) is 0 Å². The molecule has 0 radical (unpaired) electrons. The summed E-state index contributed by atoms with van der Waals surface area (Å²) >= 11 is 0. The Morgan fingerprint density at radius 3 is 2.38 bits per heavy atom. The number of carbonyl (C=O) groups is 1. The Morgan fingerprint density at radius 1 is 1.21 bits per heavy atom. The fraction of sp³-hybridized carbons (Fsp3) is 0.571. The van der Waals surface area contributed by atoms with Crippen LogP contribution in [0.4, 0.5) is 0 Å². The zero-order valence-corrected chi connectivity index (χ0v) is 15.3. The minimum absolute atomic E-state index is 0.114. The maximum atomic E-state index is 12.8. The van der Waals surface area contributed by atoms with E-state index >= 15 is 0 Å². The van der Waals surface area contributed by atoms with E-state index in [9.17, 15) is 9.90 Å². The van der Waals surface area contributed by atoms with Crippen LogP contribution in [-0.2, 0) is 9.53 Å². The molecule has 2 atom stereocenters. The van der Waals surface area contributed by atoms with E-state index in [2.05, 4.69) is 20.8 Å². The minimum atomic E-state index is -0.553. The Bertz CT molecular complexity index is 588. The van der Waals surface area contributed by atoms with Gasteiger partial charge < -0.3 is 9.84 Å². The Hall–Kier alpha value is -1.77. The van der Waals surface area contributed by atoms with Gasteiger partial charge in [0.15, 0.2) is 0 Å². The van der Waals surface area contributed by atoms with Crippen molar-refractivity contribution in [1.29, 1.82) is 0 Å². The van der Waals surface area contributed by atoms with Crippen LogP contribution in [-0.4, -0.2) is 16.7 Å². The first-order chi connectivity index (χ1) is 11.4. The lowest BCUT2D eigenvalue weighted by molar-refractivity contribution is -0.162. The second-order valence-corrected chi connectivity index (χ2v) is 7.33. The molecular formula is C21H30O3. The minimum Gasteiger partial charge on any atom is -0.512 e. The van der Waals surface area contributed by atoms with E-state index in [1.807, 2.05) is 37.3 Å². The Morgan fingerprint density at radius 2 is 1.88 bits per heavy atom. The predicted molar refractivity (Wildman–Crippen MR) is 96.9 cm³/mol. The van der Waals surface area contributed by atoms with Crippen molar-refractivity contribution in [2.75, 3.05) is 0 Å². The highest BCUT2D eigenvalue weighted by molar-refractivity contribution is 5.92. The second kappa shape index (κ2) is 7.87. The normalized spacial score (nSPS) is 22.6. The summed E-state index contributed by atoms with van der Waals surface area (Å²) < 4.78 is 5.96. The number of hydrogen-bond donors (Lipinski definition) is 1. The van der Waals surface area contributed by atoms with Crippen LogP contribution in [0, 0.1) is 5.92 Å². The number of esters is 1. The monoisotopic (exact) mass is 330 g/mol. The van der Waals surface area contributed by atoms with Crippen LogP contribution in [0.25, 0.3) is 0 Å². The SMILES string of the molecule is CCCC1(CC(C)C)CC(O)=C(C(CC)c2ccccc2)C(=O)O1. The number of rotatable bonds is 7. The Kier molecular flexibility index (Phi) is 6.09. The number of cyclic esters (lactones) is 1. The third-order valence-corrected chi connectivity index (χ3v) is 4.77. The third kappa shape index (κ3) is 4.00. The van der Waals surface area contributed by atoms with Crippen molar-refractivity contribution in [2.24, 2.45) is 5.92 Å². The quantitative estimate of drug-likeness (QED) is 0.669. The average molecular weight is 330 g/mol. The summed E-state index contributed by atoms with van der Waals surface area (Å²) in [7, 11) is 0. The number of aliphatic hydroxyl groups is 1. The average Bonchev–Trinajstić information content (AvgIpc) is 2.51. The molecule has 24 heavy (non-hydrogen) atoms. The molecule has 3 nitrogen and oxygen atoms in total. The van der Waals surface area contributed by atoms with Gasteiger partial charge in [-0.25, -0.2) is 4.79 Å². The van der Waals surface area contributed by atoms with E-state index in [1.165, 1.54) is 0 Å². The van der Waals surface area contributed by atoms with Crippen molar-refractivity contribution >= 4 is 5.97 Å². The standard InChI is InChI=1S/C21H30O3/c1-5-12-21(13-15(3)4)14-18(22)19(20(23)24-21)17(6-2)16-10-8-7-9-11-16/h7-11,15,17,22H,5-6,12-14H2,1-4H3. The lowest BCUT2D eigenvalue weighted by Gasteiger charge is -2.39. The molecule has 0 aromatic heterocycles. The lowest BCUT2D eigenvalue weighted by Crippen LogP contribution is -2.42. The molecule has 0 bridgehead atoms. The van der Waals surface area contributed by atoms with E-state index in [0.717, 1.165) is 31.2 Å². The van der Waals surface area contributed by atoms with E-state index in [0.29, 0.717) is 17.9 Å². The van der Waals surface area contributed by atoms with Gasteiger partial charge in [-0.3, -0.25) is 0 Å². The van der Waals surface area contributed by atoms with E-state index < -0.39 is 5.60 Å². The van der Waals surface area contributed by atoms with Gasteiger partial charge in [0, 0.05) is 12.3 Å². The molecule has 132 valence electrons. The smallest absolute Gasteiger partial charge is 0.338 e. The third-order valence-electron chi connectivity index (χ3n) is 4.77. The highest BCUT2D eigenvalue weighted by Gasteiger charge is 2.43. The largest absolute Gasteiger partial charge is 0.512 e. The number of carbonyl (C=O) groups excluding carboxylic acids is 1. The van der Waals surface area contributed by atoms with E-state index in [-0.39, 0.29) is 17.6 Å². The number of ether oxygens (including phenoxy) is 1. The molecule has 1 aliphatic rings. The van der Waals surface area contributed by atoms with Crippen LogP contribution in [0.1, 0.15) is 71.3 Å². The highest BCUT2D eigenvalue weighted by atomic mass is 16.6. The van der Waals surface area contributed by atoms with Crippen molar-refractivity contribution in [3.8, 4) is 0 Å². The number of aliphatic hydroxyl groups excluding tert-OH is 1. The molecule has 0 spiro atoms. The topological polar surface area (TPSA) is 46.5 Å². The molecule has 1 aromatic rings. The highest BCUT2D eigenvalue weighted by Crippen LogP contribution is 2.42. The number of hydrogen-bond acceptors (Lipinski definition) is 3. The summed E-state index contributed by atoms with van der Waals surface area (Å²) in [5.41, 5.74) is 0.937. The molecule has 0 aliphatic carbocycles. The molecule has 2 unspecified atom stereocenters. The van der Waals surface area contributed by atoms with Gasteiger partial charge in [-0.1, -0.05) is 64.4 Å². The van der Waals surface area contributed by atoms with E-state index in [1.54, 1.807) is 0 Å². The van der Waals surface area contributed by atoms with Crippen LogP contribution >= 0.6 is 0 Å². The van der Waals surface area contributed by atoms with E-state index in [4.69, 9.17) is 4.74 Å². The van der Waals surface area contributed by atoms with Crippen molar-refractivity contribution < 1.29 is 14.6 Å². The van der Waals surface area contributed by atoms with Gasteiger partial charge in [-0.05, 0) is 30.7 Å². The summed E-state index contributed by atoms with van der Waals surface area (Å²) in [6, 6.07) is 9.89. The Balaban J connectivity index is 2.37. The predicted octanol–water partition coefficient (Wildman–Crippen LogP) is 5.52. The van der Waals surface area contributed by atoms with Gasteiger partial charge >= 0.3 is 5.97 Å². The summed E-state index contributed by atoms with van der Waals surface area (Å²) in [6.45, 7) is 8.37. The first kappa shape index (κ1) is 18.6. The molecule has 0 saturated heterocycles. The van der Waals surface area contributed by atoms with Crippen LogP contribution in [0.15, 0.2) is 41.7 Å². The Labute approximate surface area is 145 Å². The fourth-order valence-electron chi connectivity index (χ4n) is 4.00. The van der Waals surface area contributed by atoms with Crippen molar-refractivity contribution in [1.82, 2.24) is 0 Å². The molecule has 1 aromatic carbocycles. The molecule has 0 saturated carbocycles. The van der Waals surface area contributed by atoms with Crippen LogP contribution in [0.5, 0.6) is 0 Å². The number of benzene rings is 1. The van der Waals surface area contributed by atoms with Gasteiger partial charge in [-0.2, -0.15) is 0 Å². The van der Waals surface area contributed by atoms with Crippen LogP contribution < -0.4 is 0 Å². The van der Waals surface area contributed by atoms with Gasteiger partial charge in [0.05, 0.1) is 5.57 Å². The molecule has 2 rings (SSSR count). The molecule has 0 amide bonds. The van der Waals surface area contributed by atoms with Crippen molar-refractivity contribution in [2.45, 2.75) is 71.3 Å². The van der Waals surface area contributed by atoms with Crippen LogP contribution in [0.2, 0.25) is 0 Å². The van der Waals surface area contributed by atoms with Gasteiger partial charge in [0.25, 0.3) is 0 Å². The van der Waals surface area contributed by atoms with Crippen molar-refractivity contribution in [3.63, 3.8) is 0 Å². The first-order valence-electron chi connectivity index (χ1n) is 9.12. The fourth-order valence-corrected chi connectivity index (χ4v) is 4.00. The lowest BCUT2D eigenvalue weighted by atomic mass is 9.79. The van der Waals surface area contributed by atoms with Crippen molar-refractivity contribution in [3.05, 3.63) is 47.2 Å². The summed E-state index contributed by atoms with van der Waals surface area (Å²) in [4.78, 5) is 12.8. The molecular weight excluding hydrogens is 300 g/mol. The maximum Gasteiger partial charge on any atom is 0.338 e. The second-order valence-electron chi connectivity index (χ2n) is 7.33. The van der Waals surface area contributed by atoms with Gasteiger partial charge in [0.2, 0.25) is 0 Å². The molecule has 1 heterocycles. The molecule has 0 fully saturated rings. The molecule has 3 heteroatoms. The summed E-state index contributed by atoms with van der Waals surface area (Å²) in [5.74, 6) is 0.173. The first-order valence-corrected chi connectivity index (χ1v) is 9.12. The zero-order chi connectivity index (χ0) is 17.7. The summed E-state index contributed by atoms with van der Waals surface area (Å²) in [6.07, 6.45) is 3.69. The zero-order valence-electron chi connectivity index (χ0n) is 15.3. The summed E-state index contributed by atoms with van der Waals surface area (Å²) in [5, 5.41) is 10.8. The molecule has 1 N–H and O–H groups in total. The maximum absolute atomic E-state index is 12.8. The molecule has 1 aliphatic heterocycles.